The fourth-order valence-electron chi connectivity index (χ4n) is 2.06. The molecule has 0 atom stereocenters. The van der Waals surface area contributed by atoms with Gasteiger partial charge < -0.3 is 5.11 Å². The smallest absolute Gasteiger partial charge is 0.348 e. The summed E-state index contributed by atoms with van der Waals surface area (Å²) in [4.78, 5) is 11.2. The van der Waals surface area contributed by atoms with Gasteiger partial charge in [0, 0.05) is 7.05 Å². The maximum Gasteiger partial charge on any atom is 0.348 e. The lowest BCUT2D eigenvalue weighted by Crippen LogP contribution is -2.16. The summed E-state index contributed by atoms with van der Waals surface area (Å²) in [5, 5.41) is 14.8. The van der Waals surface area contributed by atoms with Gasteiger partial charge in [0.1, 0.15) is 9.77 Å². The van der Waals surface area contributed by atoms with Crippen molar-refractivity contribution in [3.8, 4) is 0 Å². The van der Waals surface area contributed by atoms with Gasteiger partial charge in [-0.3, -0.25) is 9.40 Å². The fraction of sp³-hybridized carbons (Fsp3) is 0.333. The number of hydrogen-bond donors (Lipinski definition) is 2. The summed E-state index contributed by atoms with van der Waals surface area (Å²) in [5.41, 5.74) is 1.53. The molecule has 0 fully saturated rings. The van der Waals surface area contributed by atoms with Crippen LogP contribution in [0.2, 0.25) is 0 Å². The number of nitrogens with zero attached hydrogens (tertiary/aromatic N) is 2. The third-order valence-corrected chi connectivity index (χ3v) is 5.80. The zero-order valence-electron chi connectivity index (χ0n) is 12.0. The number of nitrogens with one attached hydrogen (secondary N) is 1. The monoisotopic (exact) mass is 329 g/mol. The van der Waals surface area contributed by atoms with Gasteiger partial charge in [-0.1, -0.05) is 0 Å². The molecule has 0 bridgehead atoms. The van der Waals surface area contributed by atoms with E-state index in [1.54, 1.807) is 33.2 Å². The molecule has 0 aliphatic heterocycles. The second-order valence-electron chi connectivity index (χ2n) is 4.66. The van der Waals surface area contributed by atoms with Gasteiger partial charge in [0.25, 0.3) is 10.0 Å². The summed E-state index contributed by atoms with van der Waals surface area (Å²) >= 11 is 0.986. The molecule has 0 saturated heterocycles. The zero-order chi connectivity index (χ0) is 15.9. The van der Waals surface area contributed by atoms with E-state index in [0.717, 1.165) is 11.3 Å². The van der Waals surface area contributed by atoms with Crippen molar-refractivity contribution in [1.29, 1.82) is 0 Å². The predicted octanol–water partition coefficient (Wildman–Crippen LogP) is 1.91. The third-order valence-electron chi connectivity index (χ3n) is 3.12. The lowest BCUT2D eigenvalue weighted by Gasteiger charge is -2.09. The molecule has 21 heavy (non-hydrogen) atoms. The van der Waals surface area contributed by atoms with Crippen LogP contribution in [0.3, 0.4) is 0 Å². The highest BCUT2D eigenvalue weighted by atomic mass is 32.2. The van der Waals surface area contributed by atoms with E-state index >= 15 is 0 Å². The van der Waals surface area contributed by atoms with Crippen LogP contribution in [-0.4, -0.2) is 29.3 Å². The zero-order valence-corrected chi connectivity index (χ0v) is 13.6. The van der Waals surface area contributed by atoms with E-state index in [-0.39, 0.29) is 15.5 Å². The van der Waals surface area contributed by atoms with Crippen LogP contribution in [0, 0.1) is 20.8 Å². The molecule has 0 amide bonds. The molecule has 0 aliphatic rings. The van der Waals surface area contributed by atoms with E-state index in [1.165, 1.54) is 4.68 Å². The van der Waals surface area contributed by atoms with Crippen LogP contribution in [-0.2, 0) is 17.1 Å². The van der Waals surface area contributed by atoms with Gasteiger partial charge in [-0.15, -0.1) is 11.3 Å². The second kappa shape index (κ2) is 5.15. The minimum absolute atomic E-state index is 0.0322. The Morgan fingerprint density at radius 3 is 2.48 bits per heavy atom. The summed E-state index contributed by atoms with van der Waals surface area (Å²) in [6, 6.07) is 0. The van der Waals surface area contributed by atoms with E-state index in [2.05, 4.69) is 9.82 Å². The van der Waals surface area contributed by atoms with Crippen LogP contribution in [0.15, 0.2) is 10.3 Å². The quantitative estimate of drug-likeness (QED) is 0.892. The van der Waals surface area contributed by atoms with Gasteiger partial charge in [0.2, 0.25) is 0 Å². The molecule has 0 spiro atoms. The lowest BCUT2D eigenvalue weighted by atomic mass is 10.3. The summed E-state index contributed by atoms with van der Waals surface area (Å²) in [6.45, 7) is 4.90. The average molecular weight is 329 g/mol. The average Bonchev–Trinajstić information content (AvgIpc) is 2.81. The largest absolute Gasteiger partial charge is 0.477 e. The molecule has 2 aromatic heterocycles. The predicted molar refractivity (Wildman–Crippen MR) is 79.5 cm³/mol. The molecule has 0 unspecified atom stereocenters. The number of carbonyl (C=O) groups is 1. The van der Waals surface area contributed by atoms with Crippen LogP contribution in [0.5, 0.6) is 0 Å². The first-order chi connectivity index (χ1) is 9.65. The number of aromatic nitrogens is 2. The van der Waals surface area contributed by atoms with Gasteiger partial charge in [-0.05, 0) is 31.7 Å². The molecule has 2 rings (SSSR count). The molecule has 2 aromatic rings. The Kier molecular flexibility index (Phi) is 3.81. The molecule has 2 N–H and O–H groups in total. The van der Waals surface area contributed by atoms with E-state index in [9.17, 15) is 13.2 Å². The minimum atomic E-state index is -3.89. The Bertz CT molecular complexity index is 818. The number of rotatable bonds is 4. The van der Waals surface area contributed by atoms with Gasteiger partial charge in [-0.25, -0.2) is 13.2 Å². The first-order valence-corrected chi connectivity index (χ1v) is 8.36. The molecule has 2 heterocycles. The van der Waals surface area contributed by atoms with Crippen LogP contribution < -0.4 is 4.72 Å². The first kappa shape index (κ1) is 15.5. The van der Waals surface area contributed by atoms with Crippen molar-refractivity contribution < 1.29 is 18.3 Å². The van der Waals surface area contributed by atoms with Gasteiger partial charge in [-0.2, -0.15) is 5.10 Å². The summed E-state index contributed by atoms with van der Waals surface area (Å²) in [5.74, 6) is -1.16. The van der Waals surface area contributed by atoms with Crippen molar-refractivity contribution in [2.24, 2.45) is 7.05 Å². The molecule has 7 nitrogen and oxygen atoms in total. The number of thiophene rings is 1. The number of anilines is 1. The van der Waals surface area contributed by atoms with Gasteiger partial charge >= 0.3 is 5.97 Å². The number of carboxylic acids is 1. The van der Waals surface area contributed by atoms with E-state index < -0.39 is 16.0 Å². The molecule has 0 saturated carbocycles. The second-order valence-corrected chi connectivity index (χ2v) is 7.16. The number of carboxylic acid groups (broad SMARTS) is 1. The van der Waals surface area contributed by atoms with Crippen molar-refractivity contribution in [2.45, 2.75) is 25.7 Å². The molecular weight excluding hydrogens is 314 g/mol. The highest BCUT2D eigenvalue weighted by Gasteiger charge is 2.27. The first-order valence-electron chi connectivity index (χ1n) is 5.99. The topological polar surface area (TPSA) is 101 Å². The maximum absolute atomic E-state index is 12.5. The van der Waals surface area contributed by atoms with Gasteiger partial charge in [0.15, 0.2) is 0 Å². The summed E-state index contributed by atoms with van der Waals surface area (Å²) in [7, 11) is -2.24. The van der Waals surface area contributed by atoms with Crippen molar-refractivity contribution in [3.05, 3.63) is 27.2 Å². The Morgan fingerprint density at radius 2 is 2.00 bits per heavy atom. The maximum atomic E-state index is 12.5. The van der Waals surface area contributed by atoms with Crippen LogP contribution in [0.4, 0.5) is 5.69 Å². The molecule has 0 aliphatic carbocycles. The van der Waals surface area contributed by atoms with Crippen LogP contribution >= 0.6 is 11.3 Å². The number of sulfonamides is 1. The lowest BCUT2D eigenvalue weighted by molar-refractivity contribution is 0.0703. The summed E-state index contributed by atoms with van der Waals surface area (Å²) in [6.07, 6.45) is 0. The van der Waals surface area contributed by atoms with Crippen molar-refractivity contribution in [1.82, 2.24) is 9.78 Å². The van der Waals surface area contributed by atoms with Crippen molar-refractivity contribution in [2.75, 3.05) is 4.72 Å². The SMILES string of the molecule is Cc1csc(C(=O)O)c1NS(=O)(=O)c1c(C)nn(C)c1C. The minimum Gasteiger partial charge on any atom is -0.477 e. The third kappa shape index (κ3) is 2.66. The number of aromatic carboxylic acids is 1. The molecule has 114 valence electrons. The molecule has 9 heteroatoms. The van der Waals surface area contributed by atoms with Crippen LogP contribution in [0.1, 0.15) is 26.6 Å². The Hall–Kier alpha value is -1.87. The Balaban J connectivity index is 2.53. The number of hydrogen-bond acceptors (Lipinski definition) is 5. The number of aryl methyl sites for hydroxylation is 3. The summed E-state index contributed by atoms with van der Waals surface area (Å²) < 4.78 is 28.9. The highest BCUT2D eigenvalue weighted by Crippen LogP contribution is 2.31. The molecule has 0 aromatic carbocycles. The fourth-order valence-corrected chi connectivity index (χ4v) is 4.55. The van der Waals surface area contributed by atoms with E-state index in [4.69, 9.17) is 5.11 Å². The van der Waals surface area contributed by atoms with Gasteiger partial charge in [0.05, 0.1) is 17.1 Å². The van der Waals surface area contributed by atoms with E-state index in [1.807, 2.05) is 0 Å². The van der Waals surface area contributed by atoms with Crippen molar-refractivity contribution in [3.63, 3.8) is 0 Å². The Morgan fingerprint density at radius 1 is 1.38 bits per heavy atom. The standard InChI is InChI=1S/C12H15N3O4S2/c1-6-5-20-10(12(16)17)9(6)14-21(18,19)11-7(2)13-15(4)8(11)3/h5,14H,1-4H3,(H,16,17). The van der Waals surface area contributed by atoms with E-state index in [0.29, 0.717) is 17.0 Å². The normalized spacial score (nSPS) is 11.6. The van der Waals surface area contributed by atoms with Crippen molar-refractivity contribution >= 4 is 33.0 Å². The molecule has 0 radical (unpaired) electrons. The highest BCUT2D eigenvalue weighted by molar-refractivity contribution is 7.92. The van der Waals surface area contributed by atoms with Crippen LogP contribution in [0.25, 0.3) is 0 Å². The molecular formula is C12H15N3O4S2. The Labute approximate surface area is 126 Å².